The standard InChI is InChI=1S/C17H33NO5/c1-2-3-4-5-6-7-14-23-15-8-11-18(12-9-16(19)20)13-10-17(21)22/h2-15H2,1H3,(H,19,20)(H,21,22). The monoisotopic (exact) mass is 331 g/mol. The fourth-order valence-electron chi connectivity index (χ4n) is 2.32. The molecule has 0 amide bonds. The van der Waals surface area contributed by atoms with Crippen LogP contribution in [0, 0.1) is 0 Å². The molecule has 0 aromatic rings. The van der Waals surface area contributed by atoms with E-state index in [1.165, 1.54) is 32.1 Å². The number of nitrogens with zero attached hydrogens (tertiary/aromatic N) is 1. The lowest BCUT2D eigenvalue weighted by Gasteiger charge is -2.20. The van der Waals surface area contributed by atoms with Crippen molar-refractivity contribution >= 4 is 11.9 Å². The average Bonchev–Trinajstić information content (AvgIpc) is 2.50. The summed E-state index contributed by atoms with van der Waals surface area (Å²) in [5.41, 5.74) is 0. The highest BCUT2D eigenvalue weighted by Gasteiger charge is 2.09. The third-order valence-electron chi connectivity index (χ3n) is 3.69. The average molecular weight is 331 g/mol. The maximum Gasteiger partial charge on any atom is 0.304 e. The molecule has 0 aliphatic carbocycles. The number of carboxylic acids is 2. The number of carboxylic acid groups (broad SMARTS) is 2. The van der Waals surface area contributed by atoms with Gasteiger partial charge in [0.2, 0.25) is 0 Å². The molecule has 0 spiro atoms. The van der Waals surface area contributed by atoms with Crippen LogP contribution in [0.15, 0.2) is 0 Å². The second-order valence-electron chi connectivity index (χ2n) is 5.86. The van der Waals surface area contributed by atoms with Gasteiger partial charge in [0.25, 0.3) is 0 Å². The Morgan fingerprint density at radius 2 is 1.30 bits per heavy atom. The molecule has 23 heavy (non-hydrogen) atoms. The summed E-state index contributed by atoms with van der Waals surface area (Å²) in [5.74, 6) is -1.71. The second-order valence-corrected chi connectivity index (χ2v) is 5.86. The molecular formula is C17H33NO5. The van der Waals surface area contributed by atoms with Gasteiger partial charge < -0.3 is 19.8 Å². The zero-order valence-electron chi connectivity index (χ0n) is 14.5. The molecule has 2 N–H and O–H groups in total. The van der Waals surface area contributed by atoms with E-state index in [4.69, 9.17) is 14.9 Å². The summed E-state index contributed by atoms with van der Waals surface area (Å²) in [6.07, 6.45) is 8.33. The molecule has 0 fully saturated rings. The third kappa shape index (κ3) is 17.1. The Balaban J connectivity index is 3.60. The van der Waals surface area contributed by atoms with Crippen molar-refractivity contribution in [3.05, 3.63) is 0 Å². The van der Waals surface area contributed by atoms with Gasteiger partial charge in [0.05, 0.1) is 12.8 Å². The first kappa shape index (κ1) is 21.9. The van der Waals surface area contributed by atoms with Crippen LogP contribution >= 0.6 is 0 Å². The highest BCUT2D eigenvalue weighted by Crippen LogP contribution is 2.05. The molecule has 0 saturated carbocycles. The van der Waals surface area contributed by atoms with Gasteiger partial charge in [-0.2, -0.15) is 0 Å². The summed E-state index contributed by atoms with van der Waals surface area (Å²) in [6.45, 7) is 5.08. The van der Waals surface area contributed by atoms with Gasteiger partial charge in [-0.3, -0.25) is 9.59 Å². The van der Waals surface area contributed by atoms with E-state index in [2.05, 4.69) is 6.92 Å². The molecule has 0 atom stereocenters. The van der Waals surface area contributed by atoms with Crippen molar-refractivity contribution in [2.75, 3.05) is 32.8 Å². The molecule has 0 unspecified atom stereocenters. The molecular weight excluding hydrogens is 298 g/mol. The van der Waals surface area contributed by atoms with Gasteiger partial charge in [-0.25, -0.2) is 0 Å². The van der Waals surface area contributed by atoms with Crippen LogP contribution in [0.25, 0.3) is 0 Å². The predicted octanol–water partition coefficient (Wildman–Crippen LogP) is 3.01. The van der Waals surface area contributed by atoms with Crippen molar-refractivity contribution in [1.82, 2.24) is 4.90 Å². The van der Waals surface area contributed by atoms with E-state index >= 15 is 0 Å². The van der Waals surface area contributed by atoms with Gasteiger partial charge in [-0.05, 0) is 12.8 Å². The number of aliphatic carboxylic acids is 2. The van der Waals surface area contributed by atoms with Crippen molar-refractivity contribution in [3.8, 4) is 0 Å². The van der Waals surface area contributed by atoms with Crippen LogP contribution in [0.4, 0.5) is 0 Å². The quantitative estimate of drug-likeness (QED) is 0.398. The molecule has 6 nitrogen and oxygen atoms in total. The summed E-state index contributed by atoms with van der Waals surface area (Å²) < 4.78 is 5.58. The van der Waals surface area contributed by atoms with Crippen LogP contribution in [-0.4, -0.2) is 59.9 Å². The maximum absolute atomic E-state index is 10.6. The number of ether oxygens (including phenoxy) is 1. The first-order chi connectivity index (χ1) is 11.1. The number of hydrogen-bond acceptors (Lipinski definition) is 4. The summed E-state index contributed by atoms with van der Waals surface area (Å²) in [5, 5.41) is 17.4. The fraction of sp³-hybridized carbons (Fsp3) is 0.882. The zero-order valence-corrected chi connectivity index (χ0v) is 14.5. The van der Waals surface area contributed by atoms with Gasteiger partial charge in [0.15, 0.2) is 0 Å². The van der Waals surface area contributed by atoms with Crippen molar-refractivity contribution in [2.45, 2.75) is 64.7 Å². The van der Waals surface area contributed by atoms with Crippen LogP contribution in [-0.2, 0) is 14.3 Å². The van der Waals surface area contributed by atoms with Crippen molar-refractivity contribution < 1.29 is 24.5 Å². The largest absolute Gasteiger partial charge is 0.481 e. The van der Waals surface area contributed by atoms with Gasteiger partial charge in [-0.1, -0.05) is 39.0 Å². The van der Waals surface area contributed by atoms with Gasteiger partial charge >= 0.3 is 11.9 Å². The molecule has 0 radical (unpaired) electrons. The SMILES string of the molecule is CCCCCCCCOCCCN(CCC(=O)O)CCC(=O)O. The van der Waals surface area contributed by atoms with Crippen LogP contribution in [0.5, 0.6) is 0 Å². The molecule has 0 aliphatic heterocycles. The molecule has 0 heterocycles. The Hall–Kier alpha value is -1.14. The van der Waals surface area contributed by atoms with Gasteiger partial charge in [0, 0.05) is 32.8 Å². The smallest absolute Gasteiger partial charge is 0.304 e. The lowest BCUT2D eigenvalue weighted by atomic mass is 10.1. The minimum Gasteiger partial charge on any atom is -0.481 e. The minimum atomic E-state index is -0.857. The minimum absolute atomic E-state index is 0.0399. The van der Waals surface area contributed by atoms with Crippen LogP contribution in [0.1, 0.15) is 64.7 Å². The van der Waals surface area contributed by atoms with Crippen LogP contribution < -0.4 is 0 Å². The fourth-order valence-corrected chi connectivity index (χ4v) is 2.32. The Labute approximate surface area is 139 Å². The summed E-state index contributed by atoms with van der Waals surface area (Å²) in [7, 11) is 0. The highest BCUT2D eigenvalue weighted by molar-refractivity contribution is 5.67. The van der Waals surface area contributed by atoms with Crippen molar-refractivity contribution in [2.24, 2.45) is 0 Å². The van der Waals surface area contributed by atoms with E-state index in [-0.39, 0.29) is 12.8 Å². The summed E-state index contributed by atoms with van der Waals surface area (Å²) in [4.78, 5) is 23.1. The topological polar surface area (TPSA) is 87.1 Å². The van der Waals surface area contributed by atoms with Crippen molar-refractivity contribution in [1.29, 1.82) is 0 Å². The molecule has 0 rings (SSSR count). The van der Waals surface area contributed by atoms with E-state index in [1.807, 2.05) is 4.90 Å². The molecule has 0 bridgehead atoms. The van der Waals surface area contributed by atoms with E-state index in [0.29, 0.717) is 26.2 Å². The Morgan fingerprint density at radius 3 is 1.87 bits per heavy atom. The second kappa shape index (κ2) is 15.7. The Morgan fingerprint density at radius 1 is 0.783 bits per heavy atom. The Kier molecular flexibility index (Phi) is 15.0. The van der Waals surface area contributed by atoms with E-state index in [9.17, 15) is 9.59 Å². The molecule has 0 saturated heterocycles. The number of carbonyl (C=O) groups is 2. The Bertz CT molecular complexity index is 291. The molecule has 0 aliphatic rings. The molecule has 0 aromatic heterocycles. The van der Waals surface area contributed by atoms with Crippen LogP contribution in [0.2, 0.25) is 0 Å². The maximum atomic E-state index is 10.6. The van der Waals surface area contributed by atoms with E-state index < -0.39 is 11.9 Å². The highest BCUT2D eigenvalue weighted by atomic mass is 16.5. The number of hydrogen-bond donors (Lipinski definition) is 2. The van der Waals surface area contributed by atoms with E-state index in [0.717, 1.165) is 19.4 Å². The van der Waals surface area contributed by atoms with Gasteiger partial charge in [0.1, 0.15) is 0 Å². The third-order valence-corrected chi connectivity index (χ3v) is 3.69. The molecule has 0 aromatic carbocycles. The zero-order chi connectivity index (χ0) is 17.3. The summed E-state index contributed by atoms with van der Waals surface area (Å²) in [6, 6.07) is 0. The lowest BCUT2D eigenvalue weighted by molar-refractivity contribution is -0.137. The normalized spacial score (nSPS) is 11.0. The summed E-state index contributed by atoms with van der Waals surface area (Å²) >= 11 is 0. The first-order valence-electron chi connectivity index (χ1n) is 8.80. The van der Waals surface area contributed by atoms with E-state index in [1.54, 1.807) is 0 Å². The number of unbranched alkanes of at least 4 members (excludes halogenated alkanes) is 5. The van der Waals surface area contributed by atoms with Crippen LogP contribution in [0.3, 0.4) is 0 Å². The first-order valence-corrected chi connectivity index (χ1v) is 8.80. The predicted molar refractivity (Wildman–Crippen MR) is 89.8 cm³/mol. The van der Waals surface area contributed by atoms with Crippen molar-refractivity contribution in [3.63, 3.8) is 0 Å². The lowest BCUT2D eigenvalue weighted by Crippen LogP contribution is -2.30. The molecule has 6 heteroatoms. The number of rotatable bonds is 17. The molecule has 136 valence electrons. The van der Waals surface area contributed by atoms with Gasteiger partial charge in [-0.15, -0.1) is 0 Å².